The van der Waals surface area contributed by atoms with Gasteiger partial charge in [-0.25, -0.2) is 4.79 Å². The van der Waals surface area contributed by atoms with Crippen molar-refractivity contribution in [3.05, 3.63) is 52.5 Å². The third kappa shape index (κ3) is 2.62. The largest absolute Gasteiger partial charge is 0.471 e. The SMILES string of the molecule is CCOC(=O)c1cocc1-c1ccc([N+](=O)[O-])cc1. The molecule has 1 heterocycles. The fourth-order valence-electron chi connectivity index (χ4n) is 1.65. The number of non-ortho nitro benzene ring substituents is 1. The van der Waals surface area contributed by atoms with Crippen molar-refractivity contribution in [2.75, 3.05) is 6.61 Å². The number of rotatable bonds is 4. The quantitative estimate of drug-likeness (QED) is 0.480. The standard InChI is InChI=1S/C13H11NO5/c1-2-19-13(15)12-8-18-7-11(12)9-3-5-10(6-4-9)14(16)17/h3-8H,2H2,1H3. The third-order valence-electron chi connectivity index (χ3n) is 2.55. The zero-order valence-electron chi connectivity index (χ0n) is 10.2. The zero-order chi connectivity index (χ0) is 13.8. The highest BCUT2D eigenvalue weighted by molar-refractivity contribution is 5.96. The number of carbonyl (C=O) groups is 1. The van der Waals surface area contributed by atoms with Gasteiger partial charge >= 0.3 is 5.97 Å². The lowest BCUT2D eigenvalue weighted by Crippen LogP contribution is -2.04. The molecular weight excluding hydrogens is 250 g/mol. The van der Waals surface area contributed by atoms with Crippen LogP contribution in [0.5, 0.6) is 0 Å². The Hall–Kier alpha value is -2.63. The average Bonchev–Trinajstić information content (AvgIpc) is 2.88. The number of esters is 1. The summed E-state index contributed by atoms with van der Waals surface area (Å²) in [4.78, 5) is 21.8. The molecule has 0 amide bonds. The summed E-state index contributed by atoms with van der Waals surface area (Å²) in [7, 11) is 0. The van der Waals surface area contributed by atoms with Gasteiger partial charge in [-0.3, -0.25) is 10.1 Å². The smallest absolute Gasteiger partial charge is 0.342 e. The first kappa shape index (κ1) is 12.8. The van der Waals surface area contributed by atoms with Gasteiger partial charge in [0.25, 0.3) is 5.69 Å². The maximum Gasteiger partial charge on any atom is 0.342 e. The summed E-state index contributed by atoms with van der Waals surface area (Å²) in [6, 6.07) is 5.87. The minimum Gasteiger partial charge on any atom is -0.471 e. The van der Waals surface area contributed by atoms with Gasteiger partial charge in [0.15, 0.2) is 0 Å². The van der Waals surface area contributed by atoms with Gasteiger partial charge in [0.05, 0.1) is 17.8 Å². The van der Waals surface area contributed by atoms with Crippen molar-refractivity contribution >= 4 is 11.7 Å². The molecular formula is C13H11NO5. The number of ether oxygens (including phenoxy) is 1. The normalized spacial score (nSPS) is 10.2. The molecule has 0 N–H and O–H groups in total. The molecule has 0 unspecified atom stereocenters. The van der Waals surface area contributed by atoms with E-state index < -0.39 is 10.9 Å². The highest BCUT2D eigenvalue weighted by atomic mass is 16.6. The van der Waals surface area contributed by atoms with Crippen molar-refractivity contribution in [2.45, 2.75) is 6.92 Å². The van der Waals surface area contributed by atoms with Crippen LogP contribution in [0.25, 0.3) is 11.1 Å². The molecule has 0 spiro atoms. The number of benzene rings is 1. The molecule has 1 aromatic heterocycles. The third-order valence-corrected chi connectivity index (χ3v) is 2.55. The van der Waals surface area contributed by atoms with E-state index in [0.717, 1.165) is 0 Å². The van der Waals surface area contributed by atoms with Gasteiger partial charge in [-0.05, 0) is 24.6 Å². The van der Waals surface area contributed by atoms with Crippen LogP contribution in [0.2, 0.25) is 0 Å². The highest BCUT2D eigenvalue weighted by Gasteiger charge is 2.17. The van der Waals surface area contributed by atoms with Crippen molar-refractivity contribution in [1.29, 1.82) is 0 Å². The number of nitrogens with zero attached hydrogens (tertiary/aromatic N) is 1. The lowest BCUT2D eigenvalue weighted by Gasteiger charge is -2.02. The van der Waals surface area contributed by atoms with E-state index in [9.17, 15) is 14.9 Å². The Morgan fingerprint density at radius 2 is 2.00 bits per heavy atom. The van der Waals surface area contributed by atoms with Crippen molar-refractivity contribution in [2.24, 2.45) is 0 Å². The van der Waals surface area contributed by atoms with Crippen LogP contribution in [-0.2, 0) is 4.74 Å². The highest BCUT2D eigenvalue weighted by Crippen LogP contribution is 2.27. The Morgan fingerprint density at radius 1 is 1.32 bits per heavy atom. The Morgan fingerprint density at radius 3 is 2.58 bits per heavy atom. The van der Waals surface area contributed by atoms with Crippen LogP contribution in [0, 0.1) is 10.1 Å². The van der Waals surface area contributed by atoms with E-state index in [1.165, 1.54) is 24.7 Å². The number of nitro benzene ring substituents is 1. The van der Waals surface area contributed by atoms with E-state index in [1.807, 2.05) is 0 Å². The Balaban J connectivity index is 2.34. The average molecular weight is 261 g/mol. The Kier molecular flexibility index (Phi) is 3.61. The first-order chi connectivity index (χ1) is 9.13. The van der Waals surface area contributed by atoms with Gasteiger partial charge in [0, 0.05) is 17.7 Å². The first-order valence-corrected chi connectivity index (χ1v) is 5.61. The maximum atomic E-state index is 11.7. The molecule has 0 saturated carbocycles. The zero-order valence-corrected chi connectivity index (χ0v) is 10.2. The van der Waals surface area contributed by atoms with E-state index >= 15 is 0 Å². The van der Waals surface area contributed by atoms with Crippen LogP contribution in [-0.4, -0.2) is 17.5 Å². The summed E-state index contributed by atoms with van der Waals surface area (Å²) in [6.07, 6.45) is 2.71. The second-order valence-electron chi connectivity index (χ2n) is 3.72. The number of carbonyl (C=O) groups excluding carboxylic acids is 1. The van der Waals surface area contributed by atoms with E-state index in [1.54, 1.807) is 19.1 Å². The molecule has 1 aromatic carbocycles. The van der Waals surface area contributed by atoms with E-state index in [4.69, 9.17) is 9.15 Å². The Bertz CT molecular complexity index is 600. The van der Waals surface area contributed by atoms with Crippen LogP contribution < -0.4 is 0 Å². The number of nitro groups is 1. The van der Waals surface area contributed by atoms with Gasteiger partial charge in [0.2, 0.25) is 0 Å². The molecule has 19 heavy (non-hydrogen) atoms. The minimum atomic E-state index is -0.482. The minimum absolute atomic E-state index is 0.00932. The molecule has 0 saturated heterocycles. The molecule has 0 aliphatic heterocycles. The van der Waals surface area contributed by atoms with E-state index in [0.29, 0.717) is 16.7 Å². The summed E-state index contributed by atoms with van der Waals surface area (Å²) in [6.45, 7) is 1.98. The molecule has 0 bridgehead atoms. The van der Waals surface area contributed by atoms with Crippen molar-refractivity contribution in [1.82, 2.24) is 0 Å². The fraction of sp³-hybridized carbons (Fsp3) is 0.154. The molecule has 6 nitrogen and oxygen atoms in total. The number of furan rings is 1. The van der Waals surface area contributed by atoms with Gasteiger partial charge in [-0.15, -0.1) is 0 Å². The maximum absolute atomic E-state index is 11.7. The lowest BCUT2D eigenvalue weighted by atomic mass is 10.0. The van der Waals surface area contributed by atoms with Gasteiger partial charge in [-0.2, -0.15) is 0 Å². The van der Waals surface area contributed by atoms with Crippen LogP contribution in [0.3, 0.4) is 0 Å². The predicted molar refractivity (Wildman–Crippen MR) is 66.8 cm³/mol. The van der Waals surface area contributed by atoms with Gasteiger partial charge < -0.3 is 9.15 Å². The van der Waals surface area contributed by atoms with Crippen LogP contribution in [0.4, 0.5) is 5.69 Å². The summed E-state index contributed by atoms with van der Waals surface area (Å²) in [5, 5.41) is 10.6. The molecule has 98 valence electrons. The first-order valence-electron chi connectivity index (χ1n) is 5.61. The fourth-order valence-corrected chi connectivity index (χ4v) is 1.65. The van der Waals surface area contributed by atoms with Gasteiger partial charge in [-0.1, -0.05) is 0 Å². The van der Waals surface area contributed by atoms with Crippen molar-refractivity contribution in [3.63, 3.8) is 0 Å². The molecule has 0 radical (unpaired) electrons. The van der Waals surface area contributed by atoms with Crippen molar-refractivity contribution in [3.8, 4) is 11.1 Å². The van der Waals surface area contributed by atoms with Crippen LogP contribution in [0.15, 0.2) is 41.2 Å². The lowest BCUT2D eigenvalue weighted by molar-refractivity contribution is -0.384. The number of hydrogen-bond acceptors (Lipinski definition) is 5. The van der Waals surface area contributed by atoms with E-state index in [-0.39, 0.29) is 12.3 Å². The molecule has 2 rings (SSSR count). The summed E-state index contributed by atoms with van der Waals surface area (Å²) >= 11 is 0. The molecule has 0 fully saturated rings. The van der Waals surface area contributed by atoms with Crippen LogP contribution in [0.1, 0.15) is 17.3 Å². The molecule has 0 aliphatic rings. The van der Waals surface area contributed by atoms with Crippen molar-refractivity contribution < 1.29 is 18.9 Å². The van der Waals surface area contributed by atoms with Crippen LogP contribution >= 0.6 is 0 Å². The summed E-state index contributed by atoms with van der Waals surface area (Å²) in [5.41, 5.74) is 1.50. The molecule has 0 aliphatic carbocycles. The predicted octanol–water partition coefficient (Wildman–Crippen LogP) is 3.03. The monoisotopic (exact) mass is 261 g/mol. The number of hydrogen-bond donors (Lipinski definition) is 0. The molecule has 2 aromatic rings. The topological polar surface area (TPSA) is 82.6 Å². The van der Waals surface area contributed by atoms with E-state index in [2.05, 4.69) is 0 Å². The molecule has 6 heteroatoms. The Labute approximate surface area is 108 Å². The second-order valence-corrected chi connectivity index (χ2v) is 3.72. The van der Waals surface area contributed by atoms with Gasteiger partial charge in [0.1, 0.15) is 11.8 Å². The second kappa shape index (κ2) is 5.34. The molecule has 0 atom stereocenters. The summed E-state index contributed by atoms with van der Waals surface area (Å²) < 4.78 is 9.91. The summed E-state index contributed by atoms with van der Waals surface area (Å²) in [5.74, 6) is -0.482.